The van der Waals surface area contributed by atoms with Gasteiger partial charge in [0.25, 0.3) is 0 Å². The van der Waals surface area contributed by atoms with Crippen LogP contribution in [0, 0.1) is 33.0 Å². The van der Waals surface area contributed by atoms with Gasteiger partial charge >= 0.3 is 30.8 Å². The molecule has 10 unspecified atom stereocenters. The molecule has 8 fully saturated rings. The molecule has 8 aliphatic rings. The first-order chi connectivity index (χ1) is 42.8. The van der Waals surface area contributed by atoms with Gasteiger partial charge < -0.3 is 45.7 Å². The maximum Gasteiger partial charge on any atom is 1.00 e. The number of rotatable bonds is 14. The minimum atomic E-state index is -1.03. The second-order valence-corrected chi connectivity index (χ2v) is 31.4. The summed E-state index contributed by atoms with van der Waals surface area (Å²) in [5.41, 5.74) is -1.83. The Bertz CT molecular complexity index is 2510. The number of nitrogens with zero attached hydrogens (tertiary/aromatic N) is 6. The van der Waals surface area contributed by atoms with Crippen LogP contribution in [0.4, 0.5) is 0 Å². The number of aliphatic hydroxyl groups excluding tert-OH is 5. The molecule has 8 aliphatic heterocycles. The van der Waals surface area contributed by atoms with Crippen LogP contribution in [0.3, 0.4) is 0 Å². The first kappa shape index (κ1) is 87.5. The Morgan fingerprint density at radius 2 is 1.17 bits per heavy atom. The number of hydrogen-bond donors (Lipinski definition) is 6. The van der Waals surface area contributed by atoms with Crippen molar-refractivity contribution in [1.82, 2.24) is 28.0 Å². The predicted molar refractivity (Wildman–Crippen MR) is 387 cm³/mol. The topological polar surface area (TPSA) is 254 Å². The van der Waals surface area contributed by atoms with Gasteiger partial charge in [0.1, 0.15) is 24.3 Å². The number of carboxylic acid groups (broad SMARTS) is 1. The molecular formula is C62H109BLiN6O14P6S2. The van der Waals surface area contributed by atoms with E-state index >= 15 is 0 Å². The van der Waals surface area contributed by atoms with Gasteiger partial charge in [-0.3, -0.25) is 47.2 Å². The third-order valence-electron chi connectivity index (χ3n) is 19.1. The number of ketones is 2. The summed E-state index contributed by atoms with van der Waals surface area (Å²) in [5, 5.41) is 57.5. The largest absolute Gasteiger partial charge is 1.00 e. The number of aliphatic carboxylic acids is 1. The van der Waals surface area contributed by atoms with Crippen LogP contribution in [0.5, 0.6) is 0 Å². The van der Waals surface area contributed by atoms with Crippen molar-refractivity contribution in [2.45, 2.75) is 125 Å². The molecule has 30 heteroatoms. The van der Waals surface area contributed by atoms with Gasteiger partial charge in [-0.1, -0.05) is 105 Å². The van der Waals surface area contributed by atoms with Gasteiger partial charge in [0.15, 0.2) is 0 Å². The Morgan fingerprint density at radius 3 is 1.58 bits per heavy atom. The molecule has 0 bridgehead atoms. The molecule has 2 aromatic rings. The number of hydrogen-bond acceptors (Lipinski definition) is 20. The fourth-order valence-electron chi connectivity index (χ4n) is 11.8. The number of carboxylic acids is 1. The van der Waals surface area contributed by atoms with Gasteiger partial charge in [-0.15, -0.1) is 6.58 Å². The van der Waals surface area contributed by atoms with Gasteiger partial charge in [-0.2, -0.15) is 0 Å². The van der Waals surface area contributed by atoms with Crippen LogP contribution in [0.1, 0.15) is 100 Å². The summed E-state index contributed by atoms with van der Waals surface area (Å²) in [7, 11) is 14.9. The normalized spacial score (nSPS) is 24.1. The molecule has 3 radical (unpaired) electrons. The summed E-state index contributed by atoms with van der Waals surface area (Å²) >= 11 is 1.39. The third-order valence-corrected chi connectivity index (χ3v) is 24.0. The zero-order valence-electron chi connectivity index (χ0n) is 55.6. The monoisotopic (exact) mass is 1430 g/mol. The molecular weight excluding hydrogens is 1320 g/mol. The van der Waals surface area contributed by atoms with Crippen molar-refractivity contribution in [3.8, 4) is 0 Å². The Hall–Kier alpha value is -0.578. The van der Waals surface area contributed by atoms with Crippen LogP contribution in [0.25, 0.3) is 0 Å². The molecule has 92 heavy (non-hydrogen) atoms. The van der Waals surface area contributed by atoms with Crippen LogP contribution in [-0.4, -0.2) is 231 Å². The summed E-state index contributed by atoms with van der Waals surface area (Å²) in [6.45, 7) is 23.3. The Labute approximate surface area is 586 Å². The second-order valence-electron chi connectivity index (χ2n) is 24.7. The van der Waals surface area contributed by atoms with Gasteiger partial charge in [0, 0.05) is 138 Å². The number of cyclic esters (lactones) is 1. The van der Waals surface area contributed by atoms with Gasteiger partial charge in [-0.05, 0) is 122 Å². The van der Waals surface area contributed by atoms with Crippen molar-refractivity contribution >= 4 is 111 Å². The van der Waals surface area contributed by atoms with Crippen molar-refractivity contribution in [3.05, 3.63) is 85.3 Å². The summed E-state index contributed by atoms with van der Waals surface area (Å²) < 4.78 is 39.7. The van der Waals surface area contributed by atoms with E-state index in [-0.39, 0.29) is 72.9 Å². The van der Waals surface area contributed by atoms with Gasteiger partial charge in [0.05, 0.1) is 66.9 Å². The van der Waals surface area contributed by atoms with Crippen molar-refractivity contribution < 1.29 is 89.4 Å². The summed E-state index contributed by atoms with van der Waals surface area (Å²) in [4.78, 5) is 47.2. The SMILES string of the molecule is C=CC1(C(=O)O)CCN(P)CC1.C=CS(=O)c1ccccc1.CC(=O)C1(CCOSc2ccccc2)CCN(P)CC1.CC(=O)C1CCN(P)CC1.O=C1OCC(O)C12CCN(P)CC2.OC1COCC12CCN(P)CC2.OCC(O)C1(CO)CCN(P)CC1.[2HH].[B].[H-].[Li+]. The van der Waals surface area contributed by atoms with Crippen LogP contribution >= 0.6 is 68.4 Å². The fraction of sp³-hybridized carbons (Fsp3) is 0.677. The molecule has 6 N–H and O–H groups in total. The predicted octanol–water partition coefficient (Wildman–Crippen LogP) is 3.92. The number of Topliss-reactive ketones (excluding diaryl/α,β-unsaturated/α-hetero) is 2. The van der Waals surface area contributed by atoms with E-state index in [4.69, 9.17) is 23.9 Å². The molecule has 2 spiro atoms. The number of ether oxygens (including phenoxy) is 2. The van der Waals surface area contributed by atoms with Crippen molar-refractivity contribution in [2.24, 2.45) is 33.0 Å². The van der Waals surface area contributed by atoms with Crippen LogP contribution in [-0.2, 0) is 43.6 Å². The minimum absolute atomic E-state index is 0. The number of esters is 1. The van der Waals surface area contributed by atoms with Crippen LogP contribution in [0.2, 0.25) is 0 Å². The second kappa shape index (κ2) is 44.5. The molecule has 0 saturated carbocycles. The van der Waals surface area contributed by atoms with Crippen molar-refractivity contribution in [3.63, 3.8) is 0 Å². The average molecular weight is 1430 g/mol. The van der Waals surface area contributed by atoms with E-state index in [0.717, 1.165) is 153 Å². The van der Waals surface area contributed by atoms with E-state index in [2.05, 4.69) is 97.5 Å². The molecule has 20 nitrogen and oxygen atoms in total. The number of aliphatic hydroxyl groups is 5. The summed E-state index contributed by atoms with van der Waals surface area (Å²) in [6, 6.07) is 19.3. The van der Waals surface area contributed by atoms with E-state index in [1.54, 1.807) is 19.9 Å². The number of carbonyl (C=O) groups excluding carboxylic acids is 3. The summed E-state index contributed by atoms with van der Waals surface area (Å²) in [5.74, 6) is 0.0625. The zero-order valence-corrected chi connectivity index (χ0v) is 63.1. The smallest absolute Gasteiger partial charge is 1.00 e. The molecule has 2 aromatic carbocycles. The Morgan fingerprint density at radius 1 is 0.717 bits per heavy atom. The zero-order chi connectivity index (χ0) is 66.5. The first-order valence-electron chi connectivity index (χ1n) is 31.1. The molecule has 10 rings (SSSR count). The molecule has 0 aromatic heterocycles. The molecule has 517 valence electrons. The number of piperidine rings is 6. The minimum Gasteiger partial charge on any atom is -1.00 e. The van der Waals surface area contributed by atoms with E-state index in [9.17, 15) is 43.8 Å². The molecule has 0 aliphatic carbocycles. The van der Waals surface area contributed by atoms with Crippen LogP contribution in [0.15, 0.2) is 95.1 Å². The van der Waals surface area contributed by atoms with Crippen molar-refractivity contribution in [2.75, 3.05) is 118 Å². The molecule has 10 atom stereocenters. The molecule has 0 amide bonds. The quantitative estimate of drug-likeness (QED) is 0.0392. The van der Waals surface area contributed by atoms with E-state index < -0.39 is 45.2 Å². The van der Waals surface area contributed by atoms with Gasteiger partial charge in [0.2, 0.25) is 0 Å². The number of benzene rings is 2. The maximum absolute atomic E-state index is 12.0. The standard InChI is InChI=1S/C15H22NO2PS.C8H14NO3P.C8H18NO3P.C8H16NO2P.C8H14NO2P.C8H8OS.C7H14NOP.B.Li.H2.H/c1-13(17)15(7-10-16(19)11-8-15)9-12-18-20-14-5-3-2-4-6-14;10-6-5-12-7(11)8(6)1-3-9(13)4-2-8;10-5-7(12)8(6-11)1-3-9(13)4-2-8;10-7-5-11-6-8(7)1-3-9(12)4-2-8;1-2-8(7(10)11)3-5-9(12)6-4-8;1-2-10(9)8-6-4-3-5-7-8;1-6(9)7-2-4-8(10)5-3-7;;;;/h2-6H,7-12,19H2,1H3;6,10H,1-5,13H2;7,10-12H,1-6,13H2;7,10H,1-6,12H2;2H,1,3-6,12H2,(H,10,11);2-7H,1H2;7H,2-5,10H2,1H3;;;1H;/q;;;;;;;;+1;;-1/i;;;;;;;;;1+1;. The summed E-state index contributed by atoms with van der Waals surface area (Å²) in [6.07, 6.45) is 11.1. The van der Waals surface area contributed by atoms with Crippen molar-refractivity contribution in [1.29, 1.82) is 0 Å². The Balaban J connectivity index is 0.00000108. The Kier molecular flexibility index (Phi) is 42.4. The maximum atomic E-state index is 12.0. The number of carbonyl (C=O) groups is 4. The molecule has 8 saturated heterocycles. The molecule has 8 heterocycles. The van der Waals surface area contributed by atoms with E-state index in [0.29, 0.717) is 56.4 Å². The first-order valence-corrected chi connectivity index (χ1v) is 36.1. The van der Waals surface area contributed by atoms with E-state index in [1.807, 2.05) is 60.7 Å². The van der Waals surface area contributed by atoms with Gasteiger partial charge in [-0.25, -0.2) is 4.21 Å². The van der Waals surface area contributed by atoms with E-state index in [1.165, 1.54) is 17.5 Å². The third kappa shape index (κ3) is 27.5. The fourth-order valence-corrected chi connectivity index (χ4v) is 14.6. The average Bonchev–Trinajstić information content (AvgIpc) is 1.62. The van der Waals surface area contributed by atoms with Crippen LogP contribution < -0.4 is 18.9 Å².